The van der Waals surface area contributed by atoms with Crippen molar-refractivity contribution < 1.29 is 0 Å². The van der Waals surface area contributed by atoms with Crippen LogP contribution in [0.15, 0.2) is 182 Å². The molecule has 0 N–H and O–H groups in total. The maximum Gasteiger partial charge on any atom is 0.0468 e. The zero-order valence-electron chi connectivity index (χ0n) is 41.4. The molecule has 0 unspecified atom stereocenters. The van der Waals surface area contributed by atoms with Gasteiger partial charge >= 0.3 is 0 Å². The number of hydrogen-bond donors (Lipinski definition) is 0. The topological polar surface area (TPSA) is 6.48 Å². The summed E-state index contributed by atoms with van der Waals surface area (Å²) in [7, 11) is 0. The summed E-state index contributed by atoms with van der Waals surface area (Å²) in [5, 5.41) is 5.84. The van der Waals surface area contributed by atoms with E-state index in [1.807, 2.05) is 0 Å². The smallest absolute Gasteiger partial charge is 0.0468 e. The molecule has 70 heavy (non-hydrogen) atoms. The Labute approximate surface area is 415 Å². The lowest BCUT2D eigenvalue weighted by Crippen LogP contribution is -2.17. The normalized spacial score (nSPS) is 17.0. The SMILES string of the molecule is CC1(C)c2ccccc2-c2ccc(N(c3ccccc3)c3ccc4c(C5CCCCC5)c5ccc(N(c6ccccc6)c6ccc7c(c6)C(C)(C)c6ccccc6-7)cc5c(C5CCCCC5)c4c3)cc21. The maximum atomic E-state index is 2.62. The highest BCUT2D eigenvalue weighted by atomic mass is 15.1. The molecule has 4 aliphatic rings. The summed E-state index contributed by atoms with van der Waals surface area (Å²) in [5.41, 5.74) is 21.2. The first-order valence-corrected chi connectivity index (χ1v) is 26.5. The van der Waals surface area contributed by atoms with Gasteiger partial charge < -0.3 is 9.80 Å². The Bertz CT molecular complexity index is 3250. The van der Waals surface area contributed by atoms with E-state index in [9.17, 15) is 0 Å². The van der Waals surface area contributed by atoms with Crippen molar-refractivity contribution in [1.82, 2.24) is 0 Å². The zero-order valence-corrected chi connectivity index (χ0v) is 41.4. The second-order valence-corrected chi connectivity index (χ2v) is 22.1. The second kappa shape index (κ2) is 16.9. The fourth-order valence-electron chi connectivity index (χ4n) is 13.9. The third kappa shape index (κ3) is 6.88. The summed E-state index contributed by atoms with van der Waals surface area (Å²) < 4.78 is 0. The predicted octanol–water partition coefficient (Wildman–Crippen LogP) is 19.6. The minimum absolute atomic E-state index is 0.0953. The molecule has 0 bridgehead atoms. The fourth-order valence-corrected chi connectivity index (χ4v) is 13.9. The van der Waals surface area contributed by atoms with Gasteiger partial charge in [0.1, 0.15) is 0 Å². The van der Waals surface area contributed by atoms with Crippen molar-refractivity contribution >= 4 is 55.7 Å². The standard InChI is InChI=1S/C68H64N2/c1-67(2)61-31-19-17-29-53(61)55-37-33-51(43-63(55)67)69(47-25-13-7-14-26-47)49-35-39-57-59(41-49)66(46-23-11-6-12-24-46)60-42-50(36-40-58(60)65(57)45-21-9-5-10-22-45)70(48-27-15-8-16-28-48)52-34-38-56-54-30-18-20-32-62(54)68(3,4)64(56)44-52/h7-8,13-20,25-46H,5-6,9-12,21-24H2,1-4H3. The minimum atomic E-state index is -0.0953. The molecule has 0 saturated heterocycles. The number of fused-ring (bicyclic) bond motifs is 8. The summed E-state index contributed by atoms with van der Waals surface area (Å²) in [4.78, 5) is 5.07. The Morgan fingerprint density at radius 1 is 0.300 bits per heavy atom. The van der Waals surface area contributed by atoms with Crippen LogP contribution in [0.4, 0.5) is 34.1 Å². The lowest BCUT2D eigenvalue weighted by atomic mass is 9.74. The highest BCUT2D eigenvalue weighted by Gasteiger charge is 2.38. The van der Waals surface area contributed by atoms with Crippen LogP contribution in [0.3, 0.4) is 0 Å². The predicted molar refractivity (Wildman–Crippen MR) is 298 cm³/mol. The molecule has 2 fully saturated rings. The third-order valence-electron chi connectivity index (χ3n) is 17.4. The van der Waals surface area contributed by atoms with Crippen LogP contribution in [0.25, 0.3) is 43.8 Å². The van der Waals surface area contributed by atoms with Crippen LogP contribution < -0.4 is 9.80 Å². The quantitative estimate of drug-likeness (QED) is 0.140. The van der Waals surface area contributed by atoms with Crippen molar-refractivity contribution in [3.63, 3.8) is 0 Å². The highest BCUT2D eigenvalue weighted by Crippen LogP contribution is 2.54. The minimum Gasteiger partial charge on any atom is -0.310 e. The van der Waals surface area contributed by atoms with E-state index in [1.165, 1.54) is 164 Å². The maximum absolute atomic E-state index is 2.62. The van der Waals surface area contributed by atoms with Crippen molar-refractivity contribution in [2.45, 2.75) is 115 Å². The molecular weight excluding hydrogens is 845 g/mol. The Morgan fingerprint density at radius 3 is 1.07 bits per heavy atom. The number of para-hydroxylation sites is 2. The molecule has 0 radical (unpaired) electrons. The first-order chi connectivity index (χ1) is 34.3. The lowest BCUT2D eigenvalue weighted by molar-refractivity contribution is 0.445. The van der Waals surface area contributed by atoms with Crippen LogP contribution in [0.5, 0.6) is 0 Å². The third-order valence-corrected chi connectivity index (χ3v) is 17.4. The van der Waals surface area contributed by atoms with E-state index in [1.54, 1.807) is 11.1 Å². The lowest BCUT2D eigenvalue weighted by Gasteiger charge is -2.33. The van der Waals surface area contributed by atoms with Gasteiger partial charge in [-0.2, -0.15) is 0 Å². The van der Waals surface area contributed by atoms with Crippen LogP contribution in [0.1, 0.15) is 137 Å². The molecular formula is C68H64N2. The van der Waals surface area contributed by atoms with E-state index in [-0.39, 0.29) is 10.8 Å². The van der Waals surface area contributed by atoms with Gasteiger partial charge in [-0.1, -0.05) is 175 Å². The summed E-state index contributed by atoms with van der Waals surface area (Å²) in [5.74, 6) is 1.02. The Hall–Kier alpha value is -6.90. The Balaban J connectivity index is 1.05. The molecule has 2 heteroatoms. The first-order valence-electron chi connectivity index (χ1n) is 26.5. The molecule has 0 atom stereocenters. The van der Waals surface area contributed by atoms with Gasteiger partial charge in [0, 0.05) is 45.0 Å². The average molecular weight is 909 g/mol. The largest absolute Gasteiger partial charge is 0.310 e. The van der Waals surface area contributed by atoms with Crippen LogP contribution in [-0.4, -0.2) is 0 Å². The molecule has 2 nitrogen and oxygen atoms in total. The molecule has 4 aliphatic carbocycles. The highest BCUT2D eigenvalue weighted by molar-refractivity contribution is 6.09. The fraction of sp³-hybridized carbons (Fsp3) is 0.265. The number of benzene rings is 9. The van der Waals surface area contributed by atoms with E-state index in [2.05, 4.69) is 219 Å². The summed E-state index contributed by atoms with van der Waals surface area (Å²) in [6.45, 7) is 9.60. The van der Waals surface area contributed by atoms with E-state index in [4.69, 9.17) is 0 Å². The molecule has 13 rings (SSSR count). The molecule has 0 heterocycles. The van der Waals surface area contributed by atoms with Gasteiger partial charge in [-0.15, -0.1) is 0 Å². The molecule has 346 valence electrons. The summed E-state index contributed by atoms with van der Waals surface area (Å²) in [6, 6.07) is 70.0. The first kappa shape index (κ1) is 43.1. The summed E-state index contributed by atoms with van der Waals surface area (Å²) in [6.07, 6.45) is 12.8. The van der Waals surface area contributed by atoms with Gasteiger partial charge in [-0.25, -0.2) is 0 Å². The molecule has 0 spiro atoms. The summed E-state index contributed by atoms with van der Waals surface area (Å²) >= 11 is 0. The molecule has 0 amide bonds. The number of anilines is 6. The van der Waals surface area contributed by atoms with Crippen molar-refractivity contribution in [2.75, 3.05) is 9.80 Å². The Kier molecular flexibility index (Phi) is 10.4. The molecule has 0 aromatic heterocycles. The van der Waals surface area contributed by atoms with Crippen molar-refractivity contribution in [1.29, 1.82) is 0 Å². The van der Waals surface area contributed by atoms with E-state index in [0.717, 1.165) is 0 Å². The van der Waals surface area contributed by atoms with Crippen molar-refractivity contribution in [3.05, 3.63) is 215 Å². The van der Waals surface area contributed by atoms with Gasteiger partial charge in [0.05, 0.1) is 0 Å². The molecule has 2 saturated carbocycles. The van der Waals surface area contributed by atoms with Crippen molar-refractivity contribution in [3.8, 4) is 22.3 Å². The number of nitrogens with zero attached hydrogens (tertiary/aromatic N) is 2. The second-order valence-electron chi connectivity index (χ2n) is 22.1. The van der Waals surface area contributed by atoms with Crippen LogP contribution in [0.2, 0.25) is 0 Å². The van der Waals surface area contributed by atoms with Crippen LogP contribution in [0, 0.1) is 0 Å². The van der Waals surface area contributed by atoms with Gasteiger partial charge in [0.2, 0.25) is 0 Å². The van der Waals surface area contributed by atoms with E-state index in [0.29, 0.717) is 11.8 Å². The number of rotatable bonds is 8. The van der Waals surface area contributed by atoms with Gasteiger partial charge in [0.25, 0.3) is 0 Å². The average Bonchev–Trinajstić information content (AvgIpc) is 3.78. The zero-order chi connectivity index (χ0) is 47.1. The van der Waals surface area contributed by atoms with Crippen molar-refractivity contribution in [2.24, 2.45) is 0 Å². The van der Waals surface area contributed by atoms with Crippen LogP contribution >= 0.6 is 0 Å². The van der Waals surface area contributed by atoms with Gasteiger partial charge in [0.15, 0.2) is 0 Å². The van der Waals surface area contributed by atoms with Gasteiger partial charge in [-0.3, -0.25) is 0 Å². The molecule has 9 aromatic carbocycles. The Morgan fingerprint density at radius 2 is 0.643 bits per heavy atom. The van der Waals surface area contributed by atoms with E-state index < -0.39 is 0 Å². The monoisotopic (exact) mass is 909 g/mol. The molecule has 0 aliphatic heterocycles. The van der Waals surface area contributed by atoms with E-state index >= 15 is 0 Å². The van der Waals surface area contributed by atoms with Crippen LogP contribution in [-0.2, 0) is 10.8 Å². The molecule has 9 aromatic rings. The number of hydrogen-bond acceptors (Lipinski definition) is 2. The van der Waals surface area contributed by atoms with Gasteiger partial charge in [-0.05, 0) is 187 Å².